The number of para-hydroxylation sites is 2. The molecule has 0 aliphatic heterocycles. The lowest BCUT2D eigenvalue weighted by Crippen LogP contribution is -2.28. The van der Waals surface area contributed by atoms with Crippen LogP contribution in [0.3, 0.4) is 0 Å². The molecule has 2 aromatic carbocycles. The molecule has 0 atom stereocenters. The molecule has 8 heteroatoms. The summed E-state index contributed by atoms with van der Waals surface area (Å²) >= 11 is 7.53. The average molecular weight is 418 g/mol. The standard InChI is InChI=1S/C20H20ClN3O3S/c1-27-12-6-11-22-18(25)13-28-20-23-16-9-4-2-7-14(16)19(26)24(20)17-10-5-3-8-15(17)21/h2-5,7-10H,6,11-13H2,1H3,(H,22,25). The number of nitrogens with zero attached hydrogens (tertiary/aromatic N) is 2. The maximum absolute atomic E-state index is 13.1. The Hall–Kier alpha value is -2.35. The molecule has 1 amide bonds. The van der Waals surface area contributed by atoms with Gasteiger partial charge in [-0.15, -0.1) is 0 Å². The Morgan fingerprint density at radius 1 is 1.21 bits per heavy atom. The molecule has 0 aliphatic rings. The van der Waals surface area contributed by atoms with Crippen molar-refractivity contribution in [3.8, 4) is 5.69 Å². The molecule has 1 heterocycles. The third-order valence-electron chi connectivity index (χ3n) is 4.02. The second-order valence-electron chi connectivity index (χ2n) is 5.99. The van der Waals surface area contributed by atoms with Crippen LogP contribution < -0.4 is 10.9 Å². The van der Waals surface area contributed by atoms with Crippen LogP contribution in [0.1, 0.15) is 6.42 Å². The van der Waals surface area contributed by atoms with Crippen LogP contribution in [0.15, 0.2) is 58.5 Å². The second-order valence-corrected chi connectivity index (χ2v) is 7.34. The fourth-order valence-electron chi connectivity index (χ4n) is 2.68. The lowest BCUT2D eigenvalue weighted by Gasteiger charge is -2.14. The van der Waals surface area contributed by atoms with Gasteiger partial charge in [-0.1, -0.05) is 47.6 Å². The van der Waals surface area contributed by atoms with Crippen LogP contribution in [0.2, 0.25) is 5.02 Å². The summed E-state index contributed by atoms with van der Waals surface area (Å²) < 4.78 is 6.43. The van der Waals surface area contributed by atoms with E-state index in [1.165, 1.54) is 16.3 Å². The SMILES string of the molecule is COCCCNC(=O)CSc1nc2ccccc2c(=O)n1-c1ccccc1Cl. The highest BCUT2D eigenvalue weighted by atomic mass is 35.5. The molecule has 0 saturated heterocycles. The van der Waals surface area contributed by atoms with E-state index in [1.54, 1.807) is 49.6 Å². The van der Waals surface area contributed by atoms with Crippen molar-refractivity contribution in [2.45, 2.75) is 11.6 Å². The Balaban J connectivity index is 1.92. The zero-order valence-electron chi connectivity index (χ0n) is 15.4. The first kappa shape index (κ1) is 20.4. The number of benzene rings is 2. The molecule has 3 aromatic rings. The van der Waals surface area contributed by atoms with Gasteiger partial charge < -0.3 is 10.1 Å². The first-order chi connectivity index (χ1) is 13.6. The topological polar surface area (TPSA) is 73.2 Å². The molecule has 28 heavy (non-hydrogen) atoms. The highest BCUT2D eigenvalue weighted by Gasteiger charge is 2.16. The van der Waals surface area contributed by atoms with E-state index in [0.717, 1.165) is 6.42 Å². The fraction of sp³-hybridized carbons (Fsp3) is 0.250. The minimum atomic E-state index is -0.221. The molecule has 0 unspecified atom stereocenters. The Bertz CT molecular complexity index is 1040. The predicted octanol–water partition coefficient (Wildman–Crippen LogP) is 3.28. The number of hydrogen-bond donors (Lipinski definition) is 1. The first-order valence-electron chi connectivity index (χ1n) is 8.77. The van der Waals surface area contributed by atoms with Gasteiger partial charge in [-0.05, 0) is 30.7 Å². The number of amides is 1. The van der Waals surface area contributed by atoms with Crippen molar-refractivity contribution in [1.29, 1.82) is 0 Å². The molecule has 0 radical (unpaired) electrons. The minimum Gasteiger partial charge on any atom is -0.385 e. The molecule has 0 bridgehead atoms. The van der Waals surface area contributed by atoms with Gasteiger partial charge in [-0.25, -0.2) is 4.98 Å². The van der Waals surface area contributed by atoms with E-state index in [4.69, 9.17) is 16.3 Å². The van der Waals surface area contributed by atoms with Gasteiger partial charge >= 0.3 is 0 Å². The molecule has 0 spiro atoms. The first-order valence-corrected chi connectivity index (χ1v) is 10.1. The number of fused-ring (bicyclic) bond motifs is 1. The van der Waals surface area contributed by atoms with E-state index in [2.05, 4.69) is 10.3 Å². The van der Waals surface area contributed by atoms with Crippen LogP contribution in [-0.2, 0) is 9.53 Å². The summed E-state index contributed by atoms with van der Waals surface area (Å²) in [5.74, 6) is 0.0107. The van der Waals surface area contributed by atoms with Gasteiger partial charge in [0.1, 0.15) is 0 Å². The molecule has 0 fully saturated rings. The number of thioether (sulfide) groups is 1. The van der Waals surface area contributed by atoms with E-state index in [-0.39, 0.29) is 17.2 Å². The van der Waals surface area contributed by atoms with E-state index < -0.39 is 0 Å². The Morgan fingerprint density at radius 3 is 2.75 bits per heavy atom. The van der Waals surface area contributed by atoms with Crippen molar-refractivity contribution >= 4 is 40.2 Å². The smallest absolute Gasteiger partial charge is 0.266 e. The second kappa shape index (κ2) is 9.73. The van der Waals surface area contributed by atoms with Gasteiger partial charge in [-0.3, -0.25) is 14.2 Å². The zero-order valence-corrected chi connectivity index (χ0v) is 16.9. The summed E-state index contributed by atoms with van der Waals surface area (Å²) in [5, 5.41) is 4.18. The lowest BCUT2D eigenvalue weighted by molar-refractivity contribution is -0.118. The number of carbonyl (C=O) groups is 1. The van der Waals surface area contributed by atoms with E-state index in [9.17, 15) is 9.59 Å². The van der Waals surface area contributed by atoms with Crippen LogP contribution in [0.25, 0.3) is 16.6 Å². The van der Waals surface area contributed by atoms with Gasteiger partial charge in [0.2, 0.25) is 5.91 Å². The van der Waals surface area contributed by atoms with Crippen LogP contribution in [0, 0.1) is 0 Å². The van der Waals surface area contributed by atoms with Gasteiger partial charge in [0.15, 0.2) is 5.16 Å². The van der Waals surface area contributed by atoms with Crippen molar-refractivity contribution < 1.29 is 9.53 Å². The number of aromatic nitrogens is 2. The molecule has 146 valence electrons. The molecule has 6 nitrogen and oxygen atoms in total. The normalized spacial score (nSPS) is 10.9. The molecular formula is C20H20ClN3O3S. The predicted molar refractivity (Wildman–Crippen MR) is 113 cm³/mol. The summed E-state index contributed by atoms with van der Waals surface area (Å²) in [6, 6.07) is 14.2. The van der Waals surface area contributed by atoms with Crippen molar-refractivity contribution in [2.75, 3.05) is 26.0 Å². The van der Waals surface area contributed by atoms with Crippen molar-refractivity contribution in [3.63, 3.8) is 0 Å². The zero-order chi connectivity index (χ0) is 19.9. The van der Waals surface area contributed by atoms with Gasteiger partial charge in [-0.2, -0.15) is 0 Å². The molecule has 3 rings (SSSR count). The third kappa shape index (κ3) is 4.73. The van der Waals surface area contributed by atoms with Crippen LogP contribution >= 0.6 is 23.4 Å². The molecular weight excluding hydrogens is 398 g/mol. The highest BCUT2D eigenvalue weighted by Crippen LogP contribution is 2.25. The highest BCUT2D eigenvalue weighted by molar-refractivity contribution is 7.99. The maximum Gasteiger partial charge on any atom is 0.266 e. The maximum atomic E-state index is 13.1. The number of halogens is 1. The quantitative estimate of drug-likeness (QED) is 0.346. The van der Waals surface area contributed by atoms with Crippen LogP contribution in [0.5, 0.6) is 0 Å². The van der Waals surface area contributed by atoms with Crippen molar-refractivity contribution in [3.05, 3.63) is 63.9 Å². The van der Waals surface area contributed by atoms with Gasteiger partial charge in [0.25, 0.3) is 5.56 Å². The summed E-state index contributed by atoms with van der Waals surface area (Å²) in [6.45, 7) is 1.13. The molecule has 1 N–H and O–H groups in total. The fourth-order valence-corrected chi connectivity index (χ4v) is 3.74. The van der Waals surface area contributed by atoms with Crippen molar-refractivity contribution in [1.82, 2.24) is 14.9 Å². The van der Waals surface area contributed by atoms with E-state index in [1.807, 2.05) is 6.07 Å². The summed E-state index contributed by atoms with van der Waals surface area (Å²) in [7, 11) is 1.62. The van der Waals surface area contributed by atoms with Crippen molar-refractivity contribution in [2.24, 2.45) is 0 Å². The number of hydrogen-bond acceptors (Lipinski definition) is 5. The molecule has 1 aromatic heterocycles. The van der Waals surface area contributed by atoms with E-state index in [0.29, 0.717) is 39.9 Å². The Labute approximate surface area is 171 Å². The van der Waals surface area contributed by atoms with Gasteiger partial charge in [0.05, 0.1) is 27.4 Å². The third-order valence-corrected chi connectivity index (χ3v) is 5.28. The van der Waals surface area contributed by atoms with Gasteiger partial charge in [0, 0.05) is 20.3 Å². The Kier molecular flexibility index (Phi) is 7.08. The number of nitrogens with one attached hydrogen (secondary N) is 1. The number of rotatable bonds is 8. The summed E-state index contributed by atoms with van der Waals surface area (Å²) in [5.41, 5.74) is 0.899. The Morgan fingerprint density at radius 2 is 1.96 bits per heavy atom. The lowest BCUT2D eigenvalue weighted by atomic mass is 10.2. The average Bonchev–Trinajstić information content (AvgIpc) is 2.71. The van der Waals surface area contributed by atoms with Crippen LogP contribution in [-0.4, -0.2) is 41.5 Å². The largest absolute Gasteiger partial charge is 0.385 e. The van der Waals surface area contributed by atoms with E-state index >= 15 is 0 Å². The summed E-state index contributed by atoms with van der Waals surface area (Å²) in [4.78, 5) is 29.9. The number of methoxy groups -OCH3 is 1. The summed E-state index contributed by atoms with van der Waals surface area (Å²) in [6.07, 6.45) is 0.742. The number of carbonyl (C=O) groups excluding carboxylic acids is 1. The molecule has 0 saturated carbocycles. The monoisotopic (exact) mass is 417 g/mol. The number of ether oxygens (including phenoxy) is 1. The minimum absolute atomic E-state index is 0.130. The van der Waals surface area contributed by atoms with Crippen LogP contribution in [0.4, 0.5) is 0 Å². The molecule has 0 aliphatic carbocycles.